The Bertz CT molecular complexity index is 670. The van der Waals surface area contributed by atoms with E-state index in [9.17, 15) is 4.79 Å². The Morgan fingerprint density at radius 2 is 1.12 bits per heavy atom. The topological polar surface area (TPSA) is 41.1 Å². The molecule has 2 aromatic carbocycles. The second-order valence-corrected chi connectivity index (χ2v) is 6.38. The Kier molecular flexibility index (Phi) is 8.20. The molecule has 0 aliphatic rings. The fourth-order valence-corrected chi connectivity index (χ4v) is 2.67. The van der Waals surface area contributed by atoms with Crippen molar-refractivity contribution in [3.8, 4) is 0 Å². The van der Waals surface area contributed by atoms with Crippen molar-refractivity contribution in [1.29, 1.82) is 0 Å². The zero-order valence-electron chi connectivity index (χ0n) is 15.7. The van der Waals surface area contributed by atoms with Crippen LogP contribution in [0.5, 0.6) is 0 Å². The van der Waals surface area contributed by atoms with Gasteiger partial charge >= 0.3 is 0 Å². The lowest BCUT2D eigenvalue weighted by molar-refractivity contribution is -0.110. The second kappa shape index (κ2) is 10.9. The van der Waals surface area contributed by atoms with Crippen molar-refractivity contribution in [2.45, 2.75) is 26.7 Å². The fraction of sp³-hybridized carbons (Fsp3) is 0.261. The van der Waals surface area contributed by atoms with E-state index in [1.54, 1.807) is 12.2 Å². The van der Waals surface area contributed by atoms with E-state index in [-0.39, 0.29) is 5.78 Å². The highest BCUT2D eigenvalue weighted by atomic mass is 16.1. The molecule has 26 heavy (non-hydrogen) atoms. The monoisotopic (exact) mass is 348 g/mol. The van der Waals surface area contributed by atoms with Crippen molar-refractivity contribution in [1.82, 2.24) is 10.6 Å². The van der Waals surface area contributed by atoms with Crippen molar-refractivity contribution in [3.05, 3.63) is 95.3 Å². The van der Waals surface area contributed by atoms with E-state index >= 15 is 0 Å². The molecule has 0 radical (unpaired) electrons. The molecule has 2 N–H and O–H groups in total. The summed E-state index contributed by atoms with van der Waals surface area (Å²) in [6.45, 7) is 5.49. The van der Waals surface area contributed by atoms with Crippen molar-refractivity contribution in [3.63, 3.8) is 0 Å². The molecule has 2 aromatic rings. The number of hydrogen-bond acceptors (Lipinski definition) is 3. The molecule has 0 aliphatic carbocycles. The summed E-state index contributed by atoms with van der Waals surface area (Å²) in [5.41, 5.74) is 4.36. The maximum Gasteiger partial charge on any atom is 0.182 e. The van der Waals surface area contributed by atoms with Crippen LogP contribution in [0.1, 0.15) is 25.0 Å². The average molecular weight is 348 g/mol. The number of allylic oxidation sites excluding steroid dienone is 4. The summed E-state index contributed by atoms with van der Waals surface area (Å²) in [7, 11) is 0. The normalized spacial score (nSPS) is 11.9. The fourth-order valence-electron chi connectivity index (χ4n) is 2.67. The standard InChI is InChI=1S/C23H28N2O/c1-19(24-15-13-21-9-5-3-6-10-21)17-23(26)18-20(2)25-16-14-22-11-7-4-8-12-22/h3-12,17-18,24-25H,13-16H2,1-2H3/b19-17+,20-18+. The van der Waals surface area contributed by atoms with Gasteiger partial charge in [-0.1, -0.05) is 60.7 Å². The lowest BCUT2D eigenvalue weighted by Crippen LogP contribution is -2.17. The third kappa shape index (κ3) is 7.84. The van der Waals surface area contributed by atoms with Gasteiger partial charge in [0.2, 0.25) is 0 Å². The van der Waals surface area contributed by atoms with E-state index in [2.05, 4.69) is 34.9 Å². The number of ketones is 1. The Hall–Kier alpha value is -2.81. The van der Waals surface area contributed by atoms with Crippen molar-refractivity contribution < 1.29 is 4.79 Å². The lowest BCUT2D eigenvalue weighted by Gasteiger charge is -2.07. The van der Waals surface area contributed by atoms with Gasteiger partial charge in [-0.2, -0.15) is 0 Å². The van der Waals surface area contributed by atoms with E-state index in [0.717, 1.165) is 37.3 Å². The molecule has 2 rings (SSSR count). The van der Waals surface area contributed by atoms with E-state index in [4.69, 9.17) is 0 Å². The molecule has 0 fully saturated rings. The molecule has 0 aliphatic heterocycles. The highest BCUT2D eigenvalue weighted by Gasteiger charge is 1.98. The number of carbonyl (C=O) groups excluding carboxylic acids is 1. The van der Waals surface area contributed by atoms with E-state index < -0.39 is 0 Å². The van der Waals surface area contributed by atoms with Crippen molar-refractivity contribution in [2.24, 2.45) is 0 Å². The number of carbonyl (C=O) groups is 1. The quantitative estimate of drug-likeness (QED) is 0.637. The van der Waals surface area contributed by atoms with Gasteiger partial charge in [0, 0.05) is 36.6 Å². The first-order valence-electron chi connectivity index (χ1n) is 9.09. The average Bonchev–Trinajstić information content (AvgIpc) is 2.63. The highest BCUT2D eigenvalue weighted by molar-refractivity contribution is 5.99. The number of hydrogen-bond donors (Lipinski definition) is 2. The number of nitrogens with one attached hydrogen (secondary N) is 2. The van der Waals surface area contributed by atoms with Gasteiger partial charge < -0.3 is 10.6 Å². The van der Waals surface area contributed by atoms with Gasteiger partial charge in [0.25, 0.3) is 0 Å². The summed E-state index contributed by atoms with van der Waals surface area (Å²) >= 11 is 0. The van der Waals surface area contributed by atoms with Gasteiger partial charge in [0.1, 0.15) is 0 Å². The van der Waals surface area contributed by atoms with E-state index in [0.29, 0.717) is 0 Å². The zero-order chi connectivity index (χ0) is 18.6. The molecule has 0 heterocycles. The van der Waals surface area contributed by atoms with Crippen LogP contribution in [0.25, 0.3) is 0 Å². The summed E-state index contributed by atoms with van der Waals surface area (Å²) in [4.78, 5) is 12.1. The molecule has 0 saturated heterocycles. The molecule has 0 aromatic heterocycles. The first-order valence-corrected chi connectivity index (χ1v) is 9.09. The maximum atomic E-state index is 12.1. The van der Waals surface area contributed by atoms with Crippen LogP contribution < -0.4 is 10.6 Å². The minimum absolute atomic E-state index is 0.000535. The van der Waals surface area contributed by atoms with Gasteiger partial charge in [-0.3, -0.25) is 4.79 Å². The largest absolute Gasteiger partial charge is 0.388 e. The Morgan fingerprint density at radius 1 is 0.731 bits per heavy atom. The van der Waals surface area contributed by atoms with Gasteiger partial charge in [0.15, 0.2) is 5.78 Å². The zero-order valence-corrected chi connectivity index (χ0v) is 15.7. The van der Waals surface area contributed by atoms with Gasteiger partial charge in [-0.25, -0.2) is 0 Å². The van der Waals surface area contributed by atoms with Gasteiger partial charge in [-0.05, 0) is 37.8 Å². The number of rotatable bonds is 10. The Morgan fingerprint density at radius 3 is 1.50 bits per heavy atom. The van der Waals surface area contributed by atoms with Crippen LogP contribution in [-0.2, 0) is 17.6 Å². The molecule has 0 amide bonds. The minimum Gasteiger partial charge on any atom is -0.388 e. The van der Waals surface area contributed by atoms with Crippen LogP contribution >= 0.6 is 0 Å². The van der Waals surface area contributed by atoms with E-state index in [1.807, 2.05) is 50.2 Å². The first kappa shape index (κ1) is 19.5. The molecule has 0 saturated carbocycles. The summed E-state index contributed by atoms with van der Waals surface area (Å²) in [5, 5.41) is 6.58. The molecule has 3 heteroatoms. The molecule has 0 unspecified atom stereocenters. The van der Waals surface area contributed by atoms with Crippen LogP contribution in [0.3, 0.4) is 0 Å². The van der Waals surface area contributed by atoms with Gasteiger partial charge in [0.05, 0.1) is 0 Å². The third-order valence-corrected chi connectivity index (χ3v) is 4.04. The van der Waals surface area contributed by atoms with Crippen LogP contribution in [0, 0.1) is 0 Å². The molecular formula is C23H28N2O. The maximum absolute atomic E-state index is 12.1. The van der Waals surface area contributed by atoms with Crippen LogP contribution in [0.4, 0.5) is 0 Å². The molecule has 3 nitrogen and oxygen atoms in total. The predicted octanol–water partition coefficient (Wildman–Crippen LogP) is 4.03. The minimum atomic E-state index is -0.000535. The van der Waals surface area contributed by atoms with E-state index in [1.165, 1.54) is 11.1 Å². The predicted molar refractivity (Wildman–Crippen MR) is 109 cm³/mol. The third-order valence-electron chi connectivity index (χ3n) is 4.04. The summed E-state index contributed by atoms with van der Waals surface area (Å²) in [6.07, 6.45) is 5.17. The summed E-state index contributed by atoms with van der Waals surface area (Å²) < 4.78 is 0. The van der Waals surface area contributed by atoms with Crippen LogP contribution in [0.2, 0.25) is 0 Å². The van der Waals surface area contributed by atoms with Gasteiger partial charge in [-0.15, -0.1) is 0 Å². The molecular weight excluding hydrogens is 320 g/mol. The number of benzene rings is 2. The van der Waals surface area contributed by atoms with Crippen molar-refractivity contribution >= 4 is 5.78 Å². The summed E-state index contributed by atoms with van der Waals surface area (Å²) in [5.74, 6) is -0.000535. The Labute approximate surface area is 156 Å². The first-order chi connectivity index (χ1) is 12.6. The van der Waals surface area contributed by atoms with Crippen molar-refractivity contribution in [2.75, 3.05) is 13.1 Å². The summed E-state index contributed by atoms with van der Waals surface area (Å²) in [6, 6.07) is 20.6. The van der Waals surface area contributed by atoms with Crippen LogP contribution in [-0.4, -0.2) is 18.9 Å². The SMILES string of the molecule is C/C(=C\C(=O)/C=C(\C)NCCc1ccccc1)NCCc1ccccc1. The molecule has 0 bridgehead atoms. The second-order valence-electron chi connectivity index (χ2n) is 6.38. The van der Waals surface area contributed by atoms with Crippen LogP contribution in [0.15, 0.2) is 84.2 Å². The smallest absolute Gasteiger partial charge is 0.182 e. The molecule has 0 spiro atoms. The lowest BCUT2D eigenvalue weighted by atomic mass is 10.1. The molecule has 136 valence electrons. The Balaban J connectivity index is 1.70. The highest BCUT2D eigenvalue weighted by Crippen LogP contribution is 2.01. The molecule has 0 atom stereocenters.